The van der Waals surface area contributed by atoms with Crippen LogP contribution in [0.1, 0.15) is 67.3 Å². The molecule has 0 unspecified atom stereocenters. The van der Waals surface area contributed by atoms with E-state index in [0.717, 1.165) is 229 Å². The fraction of sp³-hybridized carbons (Fsp3) is 0.0847. The van der Waals surface area contributed by atoms with Crippen LogP contribution < -0.4 is 0 Å². The summed E-state index contributed by atoms with van der Waals surface area (Å²) in [6.45, 7) is 16.8. The van der Waals surface area contributed by atoms with Crippen LogP contribution in [0.3, 0.4) is 0 Å². The monoisotopic (exact) mass is 1610 g/mol. The Hall–Kier alpha value is -16.0. The number of nitriles is 2. The van der Waals surface area contributed by atoms with E-state index in [2.05, 4.69) is 438 Å². The normalized spacial score (nSPS) is 11.7. The molecular weight excluding hydrogens is 1530 g/mol. The Labute approximate surface area is 732 Å². The molecule has 0 saturated carbocycles. The number of aromatic nitrogens is 6. The van der Waals surface area contributed by atoms with Crippen molar-refractivity contribution >= 4 is 87.2 Å². The van der Waals surface area contributed by atoms with Crippen molar-refractivity contribution in [3.63, 3.8) is 0 Å². The first-order valence-corrected chi connectivity index (χ1v) is 43.4. The van der Waals surface area contributed by atoms with Gasteiger partial charge in [0.05, 0.1) is 90.1 Å². The first kappa shape index (κ1) is 76.2. The van der Waals surface area contributed by atoms with Crippen LogP contribution in [0.15, 0.2) is 352 Å². The molecule has 6 aromatic heterocycles. The zero-order valence-electron chi connectivity index (χ0n) is 71.5. The number of benzene rings is 16. The first-order chi connectivity index (χ1) is 61.6. The molecule has 0 aliphatic carbocycles. The van der Waals surface area contributed by atoms with Crippen LogP contribution in [0, 0.1) is 78.1 Å². The predicted molar refractivity (Wildman–Crippen MR) is 524 cm³/mol. The SMILES string of the molecule is Cc1ccc(-c2ccc3c(c2)c2ccccc2n3-c2cc(C#N)cc(-n3c4ccccc4c4cc(-c5ccc(CCc6ccc(-c7ccc8c9ccc(-c%10ccc(C)cc%10)cc9n(-c9cc(C#N)cc(-n%10c%11cc(-c%12ccc(C)cc%12)ccc%11c%11ccc(-c%12ccc(C)cc%12)cc%11%10)c9-c9cc(C)nc(C)c9)c8c7)cc6)cc5)ccc43)c2-c2cc(C)nc(C)c2)cc1. The summed E-state index contributed by atoms with van der Waals surface area (Å²) in [5.74, 6) is 0. The maximum atomic E-state index is 11.6. The molecule has 0 bridgehead atoms. The third-order valence-electron chi connectivity index (χ3n) is 25.9. The van der Waals surface area contributed by atoms with E-state index >= 15 is 0 Å². The van der Waals surface area contributed by atoms with Crippen molar-refractivity contribution in [3.8, 4) is 124 Å². The summed E-state index contributed by atoms with van der Waals surface area (Å²) >= 11 is 0. The highest BCUT2D eigenvalue weighted by atomic mass is 15.0. The second kappa shape index (κ2) is 30.6. The quantitative estimate of drug-likeness (QED) is 0.102. The Morgan fingerprint density at radius 1 is 0.206 bits per heavy atom. The Balaban J connectivity index is 0.622. The summed E-state index contributed by atoms with van der Waals surface area (Å²) in [6.07, 6.45) is 1.73. The number of para-hydroxylation sites is 2. The van der Waals surface area contributed by atoms with Gasteiger partial charge in [0, 0.05) is 77.0 Å². The van der Waals surface area contributed by atoms with Gasteiger partial charge >= 0.3 is 0 Å². The molecule has 0 spiro atoms. The maximum absolute atomic E-state index is 11.6. The van der Waals surface area contributed by atoms with Gasteiger partial charge in [-0.05, 0) is 266 Å². The average molecular weight is 1620 g/mol. The van der Waals surface area contributed by atoms with Crippen LogP contribution >= 0.6 is 0 Å². The summed E-state index contributed by atoms with van der Waals surface area (Å²) in [4.78, 5) is 9.91. The van der Waals surface area contributed by atoms with E-state index in [-0.39, 0.29) is 0 Å². The lowest BCUT2D eigenvalue weighted by molar-refractivity contribution is 0.961. The molecule has 126 heavy (non-hydrogen) atoms. The van der Waals surface area contributed by atoms with Crippen molar-refractivity contribution < 1.29 is 0 Å². The number of pyridine rings is 2. The van der Waals surface area contributed by atoms with E-state index in [1.54, 1.807) is 0 Å². The highest BCUT2D eigenvalue weighted by molar-refractivity contribution is 6.16. The van der Waals surface area contributed by atoms with Gasteiger partial charge < -0.3 is 18.3 Å². The van der Waals surface area contributed by atoms with Gasteiger partial charge in [0.25, 0.3) is 0 Å². The van der Waals surface area contributed by atoms with Crippen LogP contribution in [0.5, 0.6) is 0 Å². The summed E-state index contributed by atoms with van der Waals surface area (Å²) in [5, 5.41) is 31.8. The fourth-order valence-electron chi connectivity index (χ4n) is 19.7. The number of hydrogen-bond acceptors (Lipinski definition) is 4. The average Bonchev–Trinajstić information content (AvgIpc) is 1.55. The van der Waals surface area contributed by atoms with Gasteiger partial charge in [-0.25, -0.2) is 0 Å². The highest BCUT2D eigenvalue weighted by Crippen LogP contribution is 2.49. The van der Waals surface area contributed by atoms with Crippen molar-refractivity contribution in [2.75, 3.05) is 0 Å². The van der Waals surface area contributed by atoms with Crippen LogP contribution in [0.2, 0.25) is 0 Å². The molecular formula is C118H86N8. The molecule has 0 atom stereocenters. The second-order valence-corrected chi connectivity index (χ2v) is 34.4. The number of nitrogens with zero attached hydrogens (tertiary/aromatic N) is 8. The topological polar surface area (TPSA) is 93.1 Å². The molecule has 22 aromatic rings. The lowest BCUT2D eigenvalue weighted by Crippen LogP contribution is -2.06. The maximum Gasteiger partial charge on any atom is 0.0993 e. The number of rotatable bonds is 15. The summed E-state index contributed by atoms with van der Waals surface area (Å²) in [7, 11) is 0. The largest absolute Gasteiger partial charge is 0.308 e. The molecule has 0 radical (unpaired) electrons. The molecule has 598 valence electrons. The van der Waals surface area contributed by atoms with Crippen molar-refractivity contribution in [2.24, 2.45) is 0 Å². The molecule has 0 aliphatic rings. The minimum absolute atomic E-state index is 0.541. The minimum atomic E-state index is 0.541. The van der Waals surface area contributed by atoms with Crippen LogP contribution in [-0.2, 0) is 12.8 Å². The molecule has 8 nitrogen and oxygen atoms in total. The Morgan fingerprint density at radius 3 is 0.722 bits per heavy atom. The van der Waals surface area contributed by atoms with Gasteiger partial charge in [-0.1, -0.05) is 265 Å². The Kier molecular flexibility index (Phi) is 18.5. The van der Waals surface area contributed by atoms with E-state index in [1.165, 1.54) is 38.9 Å². The molecule has 0 N–H and O–H groups in total. The molecule has 22 rings (SSSR count). The molecule has 8 heteroatoms. The van der Waals surface area contributed by atoms with Gasteiger partial charge in [-0.3, -0.25) is 9.97 Å². The van der Waals surface area contributed by atoms with Gasteiger partial charge in [-0.15, -0.1) is 0 Å². The lowest BCUT2D eigenvalue weighted by atomic mass is 9.97. The summed E-state index contributed by atoms with van der Waals surface area (Å²) < 4.78 is 9.63. The minimum Gasteiger partial charge on any atom is -0.308 e. The number of hydrogen-bond donors (Lipinski definition) is 0. The molecule has 0 amide bonds. The molecule has 16 aromatic carbocycles. The first-order valence-electron chi connectivity index (χ1n) is 43.4. The molecule has 0 saturated heterocycles. The highest BCUT2D eigenvalue weighted by Gasteiger charge is 2.29. The summed E-state index contributed by atoms with van der Waals surface area (Å²) in [5.41, 5.74) is 41.6. The van der Waals surface area contributed by atoms with Crippen molar-refractivity contribution in [1.82, 2.24) is 28.2 Å². The second-order valence-electron chi connectivity index (χ2n) is 34.4. The zero-order chi connectivity index (χ0) is 85.3. The van der Waals surface area contributed by atoms with E-state index in [9.17, 15) is 10.5 Å². The molecule has 0 fully saturated rings. The van der Waals surface area contributed by atoms with Crippen molar-refractivity contribution in [1.29, 1.82) is 10.5 Å². The van der Waals surface area contributed by atoms with Gasteiger partial charge in [0.1, 0.15) is 0 Å². The number of fused-ring (bicyclic) bond motifs is 12. The van der Waals surface area contributed by atoms with Gasteiger partial charge in [0.2, 0.25) is 0 Å². The molecule has 0 aliphatic heterocycles. The Morgan fingerprint density at radius 2 is 0.437 bits per heavy atom. The van der Waals surface area contributed by atoms with Crippen LogP contribution in [0.25, 0.3) is 199 Å². The predicted octanol–water partition coefficient (Wildman–Crippen LogP) is 30.2. The zero-order valence-corrected chi connectivity index (χ0v) is 71.5. The van der Waals surface area contributed by atoms with Crippen molar-refractivity contribution in [3.05, 3.63) is 419 Å². The third kappa shape index (κ3) is 13.3. The fourth-order valence-corrected chi connectivity index (χ4v) is 19.7. The van der Waals surface area contributed by atoms with E-state index in [0.29, 0.717) is 11.1 Å². The number of aryl methyl sites for hydroxylation is 10. The summed E-state index contributed by atoms with van der Waals surface area (Å²) in [6, 6.07) is 135. The van der Waals surface area contributed by atoms with Gasteiger partial charge in [-0.2, -0.15) is 10.5 Å². The van der Waals surface area contributed by atoms with Crippen molar-refractivity contribution in [2.45, 2.75) is 68.2 Å². The smallest absolute Gasteiger partial charge is 0.0993 e. The Bertz CT molecular complexity index is 8180. The van der Waals surface area contributed by atoms with Gasteiger partial charge in [0.15, 0.2) is 0 Å². The van der Waals surface area contributed by atoms with E-state index < -0.39 is 0 Å². The van der Waals surface area contributed by atoms with E-state index in [4.69, 9.17) is 9.97 Å². The third-order valence-corrected chi connectivity index (χ3v) is 25.9. The van der Waals surface area contributed by atoms with E-state index in [1.807, 2.05) is 0 Å². The van der Waals surface area contributed by atoms with Crippen LogP contribution in [0.4, 0.5) is 0 Å². The lowest BCUT2D eigenvalue weighted by Gasteiger charge is -2.22. The van der Waals surface area contributed by atoms with Crippen LogP contribution in [-0.4, -0.2) is 28.2 Å². The molecule has 6 heterocycles. The standard InChI is InChI=1S/C118H86N8/c1-71-17-31-83(32-18-71)89-47-53-107-103(63-89)97-13-9-11-15-105(97)123(107)113-59-81(69-119)60-114(117(113)95-55-75(5)121-76(6)56-95)124-106-16-12-10-14-98(106)104-64-90(48-54-108(104)124)87-39-27-79(28-40-87)25-26-80-29-41-88(42-30-80)94-46-52-102-101-51-45-93(86-37-23-74(4)24-38-86)67-111(101)126(112(102)68-94)116-62-82(70-120)61-115(118(116)96-57-77(7)122-78(8)58-96)125-109-65-91(84-33-19-72(2)20-34-84)43-49-99(109)100-50-44-92(66-110(100)125)85-35-21-73(3)22-36-85/h9-24,27-68H,25-26H2,1-8H3.